The summed E-state index contributed by atoms with van der Waals surface area (Å²) in [4.78, 5) is 20.0. The van der Waals surface area contributed by atoms with Crippen LogP contribution in [0.5, 0.6) is 0 Å². The van der Waals surface area contributed by atoms with Crippen LogP contribution in [-0.2, 0) is 11.2 Å². The number of nitrogen functional groups attached to an aromatic ring is 1. The van der Waals surface area contributed by atoms with E-state index in [0.717, 1.165) is 10.3 Å². The molecule has 0 aliphatic heterocycles. The number of halogens is 1. The Bertz CT molecular complexity index is 584. The highest BCUT2D eigenvalue weighted by atomic mass is 79.9. The first-order chi connectivity index (χ1) is 8.54. The summed E-state index contributed by atoms with van der Waals surface area (Å²) in [7, 11) is 0. The minimum Gasteiger partial charge on any atom is -0.375 e. The molecule has 0 aliphatic rings. The van der Waals surface area contributed by atoms with Crippen molar-refractivity contribution < 1.29 is 4.79 Å². The number of nitrogens with one attached hydrogen (secondary N) is 1. The number of aromatic nitrogens is 2. The smallest absolute Gasteiger partial charge is 0.230 e. The van der Waals surface area contributed by atoms with Crippen molar-refractivity contribution in [3.8, 4) is 0 Å². The van der Waals surface area contributed by atoms with E-state index in [4.69, 9.17) is 5.73 Å². The molecule has 0 saturated carbocycles. The third-order valence-electron chi connectivity index (χ3n) is 2.24. The molecule has 0 bridgehead atoms. The first kappa shape index (κ1) is 13.0. The Morgan fingerprint density at radius 1 is 1.50 bits per heavy atom. The quantitative estimate of drug-likeness (QED) is 0.848. The molecule has 0 aliphatic carbocycles. The van der Waals surface area contributed by atoms with E-state index >= 15 is 0 Å². The maximum Gasteiger partial charge on any atom is 0.230 e. The summed E-state index contributed by atoms with van der Waals surface area (Å²) in [5.41, 5.74) is 7.65. The number of thiazole rings is 1. The molecule has 5 nitrogen and oxygen atoms in total. The summed E-state index contributed by atoms with van der Waals surface area (Å²) < 4.78 is 0.741. The Kier molecular flexibility index (Phi) is 3.93. The molecule has 0 saturated heterocycles. The third kappa shape index (κ3) is 3.27. The molecule has 7 heteroatoms. The molecular weight excluding hydrogens is 316 g/mol. The highest BCUT2D eigenvalue weighted by molar-refractivity contribution is 9.10. The van der Waals surface area contributed by atoms with Gasteiger partial charge in [-0.15, -0.1) is 11.3 Å². The molecule has 94 valence electrons. The number of anilines is 2. The molecule has 0 aromatic carbocycles. The van der Waals surface area contributed by atoms with Crippen LogP contribution in [0, 0.1) is 6.92 Å². The first-order valence-corrected chi connectivity index (χ1v) is 6.85. The molecule has 0 spiro atoms. The van der Waals surface area contributed by atoms with Crippen LogP contribution < -0.4 is 11.1 Å². The summed E-state index contributed by atoms with van der Waals surface area (Å²) in [6.45, 7) is 1.83. The monoisotopic (exact) mass is 326 g/mol. The summed E-state index contributed by atoms with van der Waals surface area (Å²) in [5.74, 6) is -0.132. The zero-order valence-electron chi connectivity index (χ0n) is 9.61. The van der Waals surface area contributed by atoms with Crippen LogP contribution in [0.3, 0.4) is 0 Å². The van der Waals surface area contributed by atoms with Gasteiger partial charge in [-0.3, -0.25) is 4.79 Å². The Balaban J connectivity index is 2.03. The normalized spacial score (nSPS) is 10.3. The van der Waals surface area contributed by atoms with Gasteiger partial charge in [0.1, 0.15) is 4.60 Å². The van der Waals surface area contributed by atoms with E-state index in [-0.39, 0.29) is 12.3 Å². The first-order valence-electron chi connectivity index (χ1n) is 5.17. The van der Waals surface area contributed by atoms with Gasteiger partial charge in [-0.25, -0.2) is 9.97 Å². The molecule has 3 N–H and O–H groups in total. The Labute approximate surface area is 117 Å². The lowest BCUT2D eigenvalue weighted by Gasteiger charge is -2.07. The van der Waals surface area contributed by atoms with Gasteiger partial charge in [0.15, 0.2) is 5.13 Å². The second-order valence-corrected chi connectivity index (χ2v) is 5.37. The van der Waals surface area contributed by atoms with Gasteiger partial charge in [-0.05, 0) is 35.0 Å². The topological polar surface area (TPSA) is 80.9 Å². The van der Waals surface area contributed by atoms with E-state index in [1.165, 1.54) is 11.3 Å². The minimum absolute atomic E-state index is 0.132. The fraction of sp³-hybridized carbons (Fsp3) is 0.182. The van der Waals surface area contributed by atoms with Gasteiger partial charge in [0.2, 0.25) is 5.91 Å². The molecule has 0 atom stereocenters. The maximum absolute atomic E-state index is 11.8. The second-order valence-electron chi connectivity index (χ2n) is 3.67. The molecule has 0 unspecified atom stereocenters. The van der Waals surface area contributed by atoms with Crippen molar-refractivity contribution in [2.75, 3.05) is 11.1 Å². The fourth-order valence-electron chi connectivity index (χ4n) is 1.43. The van der Waals surface area contributed by atoms with Gasteiger partial charge in [0.05, 0.1) is 23.5 Å². The van der Waals surface area contributed by atoms with E-state index in [2.05, 4.69) is 31.2 Å². The lowest BCUT2D eigenvalue weighted by atomic mass is 10.3. The van der Waals surface area contributed by atoms with Crippen LogP contribution in [0.4, 0.5) is 10.8 Å². The van der Waals surface area contributed by atoms with Gasteiger partial charge in [0, 0.05) is 5.38 Å². The molecule has 18 heavy (non-hydrogen) atoms. The standard InChI is InChI=1S/C11H11BrN4OS/c1-6-8(2-3-9(12)14-6)16-10(17)4-7-5-18-11(13)15-7/h2-3,5H,4H2,1H3,(H2,13,15)(H,16,17). The highest BCUT2D eigenvalue weighted by Gasteiger charge is 2.09. The fourth-order valence-corrected chi connectivity index (χ4v) is 2.39. The van der Waals surface area contributed by atoms with Crippen LogP contribution >= 0.6 is 27.3 Å². The van der Waals surface area contributed by atoms with E-state index in [1.807, 2.05) is 6.92 Å². The van der Waals surface area contributed by atoms with Crippen LogP contribution in [-0.4, -0.2) is 15.9 Å². The predicted octanol–water partition coefficient (Wildman–Crippen LogP) is 2.37. The average molecular weight is 327 g/mol. The Morgan fingerprint density at radius 2 is 2.28 bits per heavy atom. The van der Waals surface area contributed by atoms with Crippen LogP contribution in [0.15, 0.2) is 22.1 Å². The molecule has 0 radical (unpaired) electrons. The molecule has 2 aromatic rings. The van der Waals surface area contributed by atoms with Gasteiger partial charge in [-0.2, -0.15) is 0 Å². The number of amides is 1. The van der Waals surface area contributed by atoms with E-state index in [9.17, 15) is 4.79 Å². The highest BCUT2D eigenvalue weighted by Crippen LogP contribution is 2.17. The summed E-state index contributed by atoms with van der Waals surface area (Å²) in [6.07, 6.45) is 0.212. The van der Waals surface area contributed by atoms with Crippen molar-refractivity contribution in [3.63, 3.8) is 0 Å². The van der Waals surface area contributed by atoms with Gasteiger partial charge < -0.3 is 11.1 Å². The van der Waals surface area contributed by atoms with Crippen molar-refractivity contribution >= 4 is 44.0 Å². The molecule has 1 amide bonds. The number of rotatable bonds is 3. The van der Waals surface area contributed by atoms with Crippen molar-refractivity contribution in [2.24, 2.45) is 0 Å². The average Bonchev–Trinajstić information content (AvgIpc) is 2.68. The lowest BCUT2D eigenvalue weighted by Crippen LogP contribution is -2.15. The van der Waals surface area contributed by atoms with E-state index < -0.39 is 0 Å². The zero-order valence-corrected chi connectivity index (χ0v) is 12.0. The zero-order chi connectivity index (χ0) is 13.1. The molecular formula is C11H11BrN4OS. The van der Waals surface area contributed by atoms with Gasteiger partial charge >= 0.3 is 0 Å². The number of pyridine rings is 1. The number of carbonyl (C=O) groups is 1. The molecule has 0 fully saturated rings. The summed E-state index contributed by atoms with van der Waals surface area (Å²) in [6, 6.07) is 3.59. The van der Waals surface area contributed by atoms with Crippen LogP contribution in [0.25, 0.3) is 0 Å². The van der Waals surface area contributed by atoms with Crippen LogP contribution in [0.2, 0.25) is 0 Å². The molecule has 2 heterocycles. The maximum atomic E-state index is 11.8. The van der Waals surface area contributed by atoms with Crippen molar-refractivity contribution in [1.82, 2.24) is 9.97 Å². The Morgan fingerprint density at radius 3 is 2.89 bits per heavy atom. The van der Waals surface area contributed by atoms with Gasteiger partial charge in [0.25, 0.3) is 0 Å². The van der Waals surface area contributed by atoms with Crippen molar-refractivity contribution in [1.29, 1.82) is 0 Å². The summed E-state index contributed by atoms with van der Waals surface area (Å²) in [5, 5.41) is 5.05. The third-order valence-corrected chi connectivity index (χ3v) is 3.40. The number of aryl methyl sites for hydroxylation is 1. The predicted molar refractivity (Wildman–Crippen MR) is 75.5 cm³/mol. The number of nitrogens with two attached hydrogens (primary N) is 1. The van der Waals surface area contributed by atoms with Crippen LogP contribution in [0.1, 0.15) is 11.4 Å². The van der Waals surface area contributed by atoms with Crippen molar-refractivity contribution in [3.05, 3.63) is 33.5 Å². The summed E-state index contributed by atoms with van der Waals surface area (Å²) >= 11 is 4.60. The largest absolute Gasteiger partial charge is 0.375 e. The number of carbonyl (C=O) groups excluding carboxylic acids is 1. The number of hydrogen-bond acceptors (Lipinski definition) is 5. The second kappa shape index (κ2) is 5.45. The molecule has 2 aromatic heterocycles. The van der Waals surface area contributed by atoms with Gasteiger partial charge in [-0.1, -0.05) is 0 Å². The molecule has 2 rings (SSSR count). The van der Waals surface area contributed by atoms with Crippen molar-refractivity contribution in [2.45, 2.75) is 13.3 Å². The van der Waals surface area contributed by atoms with E-state index in [0.29, 0.717) is 16.5 Å². The number of nitrogens with zero attached hydrogens (tertiary/aromatic N) is 2. The van der Waals surface area contributed by atoms with E-state index in [1.54, 1.807) is 17.5 Å². The Hall–Kier alpha value is -1.47. The SMILES string of the molecule is Cc1nc(Br)ccc1NC(=O)Cc1csc(N)n1. The number of hydrogen-bond donors (Lipinski definition) is 2. The lowest BCUT2D eigenvalue weighted by molar-refractivity contribution is -0.115. The minimum atomic E-state index is -0.132.